The third kappa shape index (κ3) is 40.8. The number of rotatable bonds is 0. The van der Waals surface area contributed by atoms with E-state index in [1.54, 1.807) is 10.8 Å². The molecule has 0 fully saturated rings. The van der Waals surface area contributed by atoms with Crippen LogP contribution in [-0.4, -0.2) is 0 Å². The molecule has 34 valence electrons. The van der Waals surface area contributed by atoms with Gasteiger partial charge >= 0.3 is 29.6 Å². The van der Waals surface area contributed by atoms with Gasteiger partial charge in [-0.2, -0.15) is 10.5 Å². The molecule has 0 aliphatic rings. The number of nitrogens with zero attached hydrogens (tertiary/aromatic N) is 3. The summed E-state index contributed by atoms with van der Waals surface area (Å²) in [6.45, 7) is 4.75. The van der Waals surface area contributed by atoms with Gasteiger partial charge in [0.25, 0.3) is 0 Å². The fourth-order valence-corrected chi connectivity index (χ4v) is 0.0612. The second-order valence-electron chi connectivity index (χ2n) is 0.285. The standard InChI is InChI=1S/C2N2S.CN.Na/c3-1-5-2-4;1-2;/q;-1;+1. The molecule has 0 atom stereocenters. The monoisotopic (exact) mass is 133 g/mol. The second kappa shape index (κ2) is 29.0. The van der Waals surface area contributed by atoms with Crippen molar-refractivity contribution >= 4 is 11.8 Å². The minimum atomic E-state index is 0. The summed E-state index contributed by atoms with van der Waals surface area (Å²) >= 11 is 0.574. The maximum Gasteiger partial charge on any atom is 1.00 e. The van der Waals surface area contributed by atoms with Crippen molar-refractivity contribution < 1.29 is 29.6 Å². The molecule has 0 heterocycles. The van der Waals surface area contributed by atoms with Gasteiger partial charge in [-0.25, -0.2) is 0 Å². The second-order valence-corrected chi connectivity index (χ2v) is 0.854. The molecule has 0 unspecified atom stereocenters. The number of hydrogen-bond donors (Lipinski definition) is 0. The number of thiocyanates is 2. The van der Waals surface area contributed by atoms with Crippen LogP contribution in [0.1, 0.15) is 0 Å². The molecule has 0 bridgehead atoms. The summed E-state index contributed by atoms with van der Waals surface area (Å²) in [5.74, 6) is 0. The van der Waals surface area contributed by atoms with Gasteiger partial charge in [-0.1, -0.05) is 0 Å². The van der Waals surface area contributed by atoms with Crippen molar-refractivity contribution in [2.45, 2.75) is 0 Å². The van der Waals surface area contributed by atoms with E-state index in [1.165, 1.54) is 0 Å². The average molecular weight is 133 g/mol. The van der Waals surface area contributed by atoms with Crippen molar-refractivity contribution in [3.05, 3.63) is 6.57 Å². The Morgan fingerprint density at radius 2 is 1.38 bits per heavy atom. The van der Waals surface area contributed by atoms with Crippen LogP contribution in [0.5, 0.6) is 0 Å². The SMILES string of the molecule is N#CSC#N.[C-]#N.[Na+]. The summed E-state index contributed by atoms with van der Waals surface area (Å²) in [5.41, 5.74) is 0. The molecule has 0 spiro atoms. The molecule has 0 aliphatic carbocycles. The fraction of sp³-hybridized carbons (Fsp3) is 0. The smallest absolute Gasteiger partial charge is 0.512 e. The number of hydrogen-bond acceptors (Lipinski definition) is 4. The van der Waals surface area contributed by atoms with Gasteiger partial charge in [0.2, 0.25) is 0 Å². The maximum absolute atomic E-state index is 7.56. The Hall–Kier alpha value is -0.180. The van der Waals surface area contributed by atoms with Gasteiger partial charge in [0.1, 0.15) is 10.8 Å². The quantitative estimate of drug-likeness (QED) is 0.213. The Bertz CT molecular complexity index is 107. The van der Waals surface area contributed by atoms with Crippen LogP contribution in [0, 0.1) is 33.2 Å². The molecule has 0 amide bonds. The molecule has 0 N–H and O–H groups in total. The zero-order valence-electron chi connectivity index (χ0n) is 4.25. The molecule has 3 nitrogen and oxygen atoms in total. The van der Waals surface area contributed by atoms with Crippen molar-refractivity contribution in [3.63, 3.8) is 0 Å². The van der Waals surface area contributed by atoms with E-state index in [4.69, 9.17) is 22.4 Å². The third-order valence-corrected chi connectivity index (χ3v) is 0.274. The van der Waals surface area contributed by atoms with Crippen LogP contribution in [0.4, 0.5) is 0 Å². The third-order valence-electron chi connectivity index (χ3n) is 0.0913. The van der Waals surface area contributed by atoms with E-state index in [0.29, 0.717) is 11.8 Å². The minimum Gasteiger partial charge on any atom is -0.512 e. The first kappa shape index (κ1) is 15.7. The summed E-state index contributed by atoms with van der Waals surface area (Å²) in [6.07, 6.45) is 0. The first-order valence-electron chi connectivity index (χ1n) is 1.08. The molecule has 0 aliphatic heterocycles. The topological polar surface area (TPSA) is 71.4 Å². The molecule has 0 aromatic carbocycles. The summed E-state index contributed by atoms with van der Waals surface area (Å²) in [5, 5.41) is 24.5. The number of nitriles is 2. The first-order valence-corrected chi connectivity index (χ1v) is 1.90. The summed E-state index contributed by atoms with van der Waals surface area (Å²) in [6, 6.07) is 0. The molecule has 0 saturated heterocycles. The van der Waals surface area contributed by atoms with E-state index in [1.807, 2.05) is 0 Å². The predicted molar refractivity (Wildman–Crippen MR) is 23.8 cm³/mol. The average Bonchev–Trinajstić information content (AvgIpc) is 1.75. The van der Waals surface area contributed by atoms with E-state index in [2.05, 4.69) is 0 Å². The van der Waals surface area contributed by atoms with Crippen molar-refractivity contribution in [2.24, 2.45) is 0 Å². The van der Waals surface area contributed by atoms with Crippen LogP contribution in [0.2, 0.25) is 0 Å². The number of thioether (sulfide) groups is 1. The minimum absolute atomic E-state index is 0. The molecular weight excluding hydrogens is 133 g/mol. The van der Waals surface area contributed by atoms with E-state index in [0.717, 1.165) is 0 Å². The molecule has 0 aromatic heterocycles. The first-order chi connectivity index (χ1) is 3.41. The van der Waals surface area contributed by atoms with Crippen LogP contribution >= 0.6 is 11.8 Å². The van der Waals surface area contributed by atoms with Gasteiger partial charge in [-0.15, -0.1) is 0 Å². The summed E-state index contributed by atoms with van der Waals surface area (Å²) in [7, 11) is 0. The molecule has 8 heavy (non-hydrogen) atoms. The van der Waals surface area contributed by atoms with Gasteiger partial charge in [0.15, 0.2) is 0 Å². The Kier molecular flexibility index (Phi) is 56.8. The van der Waals surface area contributed by atoms with Gasteiger partial charge in [-0.05, 0) is 0 Å². The van der Waals surface area contributed by atoms with Gasteiger partial charge < -0.3 is 11.8 Å². The van der Waals surface area contributed by atoms with Crippen LogP contribution in [-0.2, 0) is 0 Å². The van der Waals surface area contributed by atoms with E-state index < -0.39 is 0 Å². The van der Waals surface area contributed by atoms with Crippen LogP contribution in [0.15, 0.2) is 0 Å². The predicted octanol–water partition coefficient (Wildman–Crippen LogP) is -2.22. The molecule has 0 rings (SSSR count). The van der Waals surface area contributed by atoms with Crippen molar-refractivity contribution in [2.75, 3.05) is 0 Å². The molecule has 5 heteroatoms. The molecular formula is C3N3NaS. The maximum atomic E-state index is 7.56. The normalized spacial score (nSPS) is 3.00. The van der Waals surface area contributed by atoms with Crippen LogP contribution in [0.3, 0.4) is 0 Å². The van der Waals surface area contributed by atoms with Crippen molar-refractivity contribution in [3.8, 4) is 10.8 Å². The Labute approximate surface area is 74.2 Å². The van der Waals surface area contributed by atoms with Crippen LogP contribution < -0.4 is 29.6 Å². The zero-order valence-corrected chi connectivity index (χ0v) is 7.07. The summed E-state index contributed by atoms with van der Waals surface area (Å²) in [4.78, 5) is 0. The van der Waals surface area contributed by atoms with Gasteiger partial charge in [0.05, 0.1) is 11.8 Å². The van der Waals surface area contributed by atoms with Crippen molar-refractivity contribution in [1.29, 1.82) is 15.8 Å². The van der Waals surface area contributed by atoms with E-state index in [9.17, 15) is 0 Å². The van der Waals surface area contributed by atoms with E-state index in [-0.39, 0.29) is 29.6 Å². The molecule has 0 radical (unpaired) electrons. The Morgan fingerprint density at radius 3 is 1.38 bits per heavy atom. The molecule has 0 saturated carbocycles. The molecule has 0 aromatic rings. The fourth-order valence-electron chi connectivity index (χ4n) is 0.0204. The zero-order chi connectivity index (χ0) is 6.12. The Morgan fingerprint density at radius 1 is 1.12 bits per heavy atom. The van der Waals surface area contributed by atoms with Gasteiger partial charge in [-0.3, -0.25) is 0 Å². The van der Waals surface area contributed by atoms with E-state index >= 15 is 0 Å². The summed E-state index contributed by atoms with van der Waals surface area (Å²) < 4.78 is 0. The van der Waals surface area contributed by atoms with Crippen molar-refractivity contribution in [1.82, 2.24) is 0 Å². The van der Waals surface area contributed by atoms with Crippen LogP contribution in [0.25, 0.3) is 0 Å². The largest absolute Gasteiger partial charge is 1.00 e. The Balaban J connectivity index is -0.0000000750. The van der Waals surface area contributed by atoms with Gasteiger partial charge in [0, 0.05) is 0 Å².